The minimum absolute atomic E-state index is 0.105. The van der Waals surface area contributed by atoms with Gasteiger partial charge in [-0.1, -0.05) is 30.3 Å². The van der Waals surface area contributed by atoms with Crippen molar-refractivity contribution in [2.24, 2.45) is 0 Å². The van der Waals surface area contributed by atoms with Crippen LogP contribution in [0.25, 0.3) is 0 Å². The smallest absolute Gasteiger partial charge is 0.251 e. The summed E-state index contributed by atoms with van der Waals surface area (Å²) in [5.74, 6) is -0.861. The molecule has 192 valence electrons. The molecule has 0 aliphatic rings. The fraction of sp³-hybridized carbons (Fsp3) is 0.296. The highest BCUT2D eigenvalue weighted by molar-refractivity contribution is 7.89. The summed E-state index contributed by atoms with van der Waals surface area (Å²) in [5.41, 5.74) is 1.23. The SMILES string of the molecule is CC(C)(C)NS(=O)(=O)c1ccc(NCC(O)C(Cc2ccccc2)NC(=O)c2ccc(F)cc2)cc1. The molecule has 0 heterocycles. The minimum atomic E-state index is -3.65. The van der Waals surface area contributed by atoms with Gasteiger partial charge >= 0.3 is 0 Å². The molecule has 0 spiro atoms. The molecule has 4 N–H and O–H groups in total. The minimum Gasteiger partial charge on any atom is -0.389 e. The molecule has 0 aromatic heterocycles. The van der Waals surface area contributed by atoms with Crippen LogP contribution in [0.1, 0.15) is 36.7 Å². The fourth-order valence-electron chi connectivity index (χ4n) is 3.58. The average Bonchev–Trinajstić information content (AvgIpc) is 2.82. The van der Waals surface area contributed by atoms with Crippen LogP contribution in [0.15, 0.2) is 83.8 Å². The Kier molecular flexibility index (Phi) is 8.84. The molecule has 3 aromatic carbocycles. The van der Waals surface area contributed by atoms with Crippen molar-refractivity contribution in [1.29, 1.82) is 0 Å². The number of aliphatic hydroxyl groups excluding tert-OH is 1. The number of benzene rings is 3. The summed E-state index contributed by atoms with van der Waals surface area (Å²) in [4.78, 5) is 12.9. The molecule has 0 bridgehead atoms. The van der Waals surface area contributed by atoms with Crippen molar-refractivity contribution >= 4 is 21.6 Å². The van der Waals surface area contributed by atoms with Crippen molar-refractivity contribution < 1.29 is 22.7 Å². The van der Waals surface area contributed by atoms with Crippen LogP contribution in [0.3, 0.4) is 0 Å². The molecule has 9 heteroatoms. The van der Waals surface area contributed by atoms with Gasteiger partial charge in [-0.3, -0.25) is 4.79 Å². The second-order valence-corrected chi connectivity index (χ2v) is 11.3. The average molecular weight is 514 g/mol. The van der Waals surface area contributed by atoms with Crippen molar-refractivity contribution in [3.63, 3.8) is 0 Å². The molecule has 0 saturated carbocycles. The van der Waals surface area contributed by atoms with E-state index in [0.29, 0.717) is 12.1 Å². The topological polar surface area (TPSA) is 108 Å². The van der Waals surface area contributed by atoms with Gasteiger partial charge in [0.25, 0.3) is 5.91 Å². The number of hydrogen-bond acceptors (Lipinski definition) is 5. The number of amides is 1. The van der Waals surface area contributed by atoms with E-state index in [2.05, 4.69) is 15.4 Å². The number of halogens is 1. The van der Waals surface area contributed by atoms with Crippen LogP contribution in [0.2, 0.25) is 0 Å². The molecule has 1 amide bonds. The molecular weight excluding hydrogens is 481 g/mol. The van der Waals surface area contributed by atoms with Gasteiger partial charge in [-0.25, -0.2) is 17.5 Å². The first-order valence-electron chi connectivity index (χ1n) is 11.6. The first-order chi connectivity index (χ1) is 16.9. The van der Waals surface area contributed by atoms with E-state index in [0.717, 1.165) is 5.56 Å². The van der Waals surface area contributed by atoms with Crippen LogP contribution in [-0.2, 0) is 16.4 Å². The zero-order chi connectivity index (χ0) is 26.3. The summed E-state index contributed by atoms with van der Waals surface area (Å²) in [7, 11) is -3.65. The zero-order valence-electron chi connectivity index (χ0n) is 20.5. The lowest BCUT2D eigenvalue weighted by Gasteiger charge is -2.25. The summed E-state index contributed by atoms with van der Waals surface area (Å²) in [6, 6.07) is 20.2. The van der Waals surface area contributed by atoms with Crippen molar-refractivity contribution in [3.8, 4) is 0 Å². The fourth-order valence-corrected chi connectivity index (χ4v) is 5.00. The maximum Gasteiger partial charge on any atom is 0.251 e. The van der Waals surface area contributed by atoms with Crippen LogP contribution in [0, 0.1) is 5.82 Å². The van der Waals surface area contributed by atoms with E-state index in [1.54, 1.807) is 32.9 Å². The third-order valence-corrected chi connectivity index (χ3v) is 7.08. The van der Waals surface area contributed by atoms with E-state index in [-0.39, 0.29) is 17.0 Å². The number of aliphatic hydroxyl groups is 1. The molecule has 7 nitrogen and oxygen atoms in total. The van der Waals surface area contributed by atoms with Crippen LogP contribution in [-0.4, -0.2) is 43.7 Å². The Bertz CT molecular complexity index is 1240. The number of nitrogens with one attached hydrogen (secondary N) is 3. The van der Waals surface area contributed by atoms with Crippen molar-refractivity contribution in [2.45, 2.75) is 49.8 Å². The van der Waals surface area contributed by atoms with Gasteiger partial charge < -0.3 is 15.7 Å². The lowest BCUT2D eigenvalue weighted by Crippen LogP contribution is -2.47. The molecule has 3 aromatic rings. The van der Waals surface area contributed by atoms with Gasteiger partial charge in [-0.15, -0.1) is 0 Å². The first-order valence-corrected chi connectivity index (χ1v) is 13.1. The molecule has 0 aliphatic heterocycles. The highest BCUT2D eigenvalue weighted by Crippen LogP contribution is 2.17. The summed E-state index contributed by atoms with van der Waals surface area (Å²) >= 11 is 0. The summed E-state index contributed by atoms with van der Waals surface area (Å²) in [6.07, 6.45) is -0.590. The first kappa shape index (κ1) is 27.3. The van der Waals surface area contributed by atoms with E-state index >= 15 is 0 Å². The predicted molar refractivity (Wildman–Crippen MR) is 139 cm³/mol. The molecule has 0 radical (unpaired) electrons. The van der Waals surface area contributed by atoms with E-state index < -0.39 is 39.4 Å². The zero-order valence-corrected chi connectivity index (χ0v) is 21.3. The molecule has 0 aliphatic carbocycles. The van der Waals surface area contributed by atoms with Crippen molar-refractivity contribution in [2.75, 3.05) is 11.9 Å². The Hall–Kier alpha value is -3.27. The van der Waals surface area contributed by atoms with E-state index in [1.807, 2.05) is 30.3 Å². The predicted octanol–water partition coefficient (Wildman–Crippen LogP) is 3.72. The van der Waals surface area contributed by atoms with Crippen molar-refractivity contribution in [1.82, 2.24) is 10.0 Å². The standard InChI is InChI=1S/C27H32FN3O4S/c1-27(2,3)31-36(34,35)23-15-13-22(14-16-23)29-18-25(32)24(17-19-7-5-4-6-8-19)30-26(33)20-9-11-21(28)12-10-20/h4-16,24-25,29,31-32H,17-18H2,1-3H3,(H,30,33). The number of carbonyl (C=O) groups excluding carboxylic acids is 1. The van der Waals surface area contributed by atoms with Crippen LogP contribution in [0.5, 0.6) is 0 Å². The lowest BCUT2D eigenvalue weighted by molar-refractivity contribution is 0.0851. The van der Waals surface area contributed by atoms with Gasteiger partial charge in [0, 0.05) is 23.3 Å². The third-order valence-electron chi connectivity index (χ3n) is 5.31. The quantitative estimate of drug-likeness (QED) is 0.331. The lowest BCUT2D eigenvalue weighted by atomic mass is 10.0. The van der Waals surface area contributed by atoms with E-state index in [9.17, 15) is 22.7 Å². The highest BCUT2D eigenvalue weighted by atomic mass is 32.2. The summed E-state index contributed by atoms with van der Waals surface area (Å²) in [5, 5.41) is 16.9. The molecule has 2 atom stereocenters. The van der Waals surface area contributed by atoms with Crippen LogP contribution in [0.4, 0.5) is 10.1 Å². The Labute approximate surface area is 211 Å². The largest absolute Gasteiger partial charge is 0.389 e. The van der Waals surface area contributed by atoms with Gasteiger partial charge in [0.05, 0.1) is 17.0 Å². The number of sulfonamides is 1. The third kappa shape index (κ3) is 8.15. The van der Waals surface area contributed by atoms with E-state index in [4.69, 9.17) is 0 Å². The molecule has 0 fully saturated rings. The highest BCUT2D eigenvalue weighted by Gasteiger charge is 2.24. The monoisotopic (exact) mass is 513 g/mol. The van der Waals surface area contributed by atoms with Gasteiger partial charge in [0.1, 0.15) is 5.82 Å². The second kappa shape index (κ2) is 11.6. The normalized spacial score (nSPS) is 13.6. The Morgan fingerprint density at radius 3 is 2.14 bits per heavy atom. The Balaban J connectivity index is 1.68. The Morgan fingerprint density at radius 1 is 0.944 bits per heavy atom. The number of anilines is 1. The molecule has 0 saturated heterocycles. The molecule has 2 unspecified atom stereocenters. The maximum atomic E-state index is 13.2. The van der Waals surface area contributed by atoms with Gasteiger partial charge in [0.15, 0.2) is 0 Å². The van der Waals surface area contributed by atoms with Crippen molar-refractivity contribution in [3.05, 3.63) is 95.8 Å². The molecule has 3 rings (SSSR count). The number of hydrogen-bond donors (Lipinski definition) is 4. The molecular formula is C27H32FN3O4S. The summed E-state index contributed by atoms with van der Waals surface area (Å²) in [6.45, 7) is 5.40. The maximum absolute atomic E-state index is 13.2. The number of rotatable bonds is 10. The molecule has 36 heavy (non-hydrogen) atoms. The van der Waals surface area contributed by atoms with Crippen LogP contribution >= 0.6 is 0 Å². The van der Waals surface area contributed by atoms with Gasteiger partial charge in [0.2, 0.25) is 10.0 Å². The van der Waals surface area contributed by atoms with Gasteiger partial charge in [-0.05, 0) is 81.3 Å². The summed E-state index contributed by atoms with van der Waals surface area (Å²) < 4.78 is 40.8. The Morgan fingerprint density at radius 2 is 1.56 bits per heavy atom. The number of carbonyl (C=O) groups is 1. The van der Waals surface area contributed by atoms with Crippen LogP contribution < -0.4 is 15.4 Å². The second-order valence-electron chi connectivity index (χ2n) is 9.60. The van der Waals surface area contributed by atoms with Gasteiger partial charge in [-0.2, -0.15) is 0 Å². The van der Waals surface area contributed by atoms with E-state index in [1.165, 1.54) is 36.4 Å².